The molecular formula is C22H25N5O2. The molecule has 0 unspecified atom stereocenters. The molecule has 0 fully saturated rings. The molecule has 3 rings (SSSR count). The molecule has 0 bridgehead atoms. The van der Waals surface area contributed by atoms with Crippen LogP contribution < -0.4 is 5.32 Å². The Morgan fingerprint density at radius 1 is 1.00 bits per heavy atom. The first-order valence-electron chi connectivity index (χ1n) is 9.46. The molecule has 0 aliphatic rings. The highest BCUT2D eigenvalue weighted by atomic mass is 16.2. The number of carbonyl (C=O) groups is 2. The second kappa shape index (κ2) is 9.05. The molecule has 1 aromatic heterocycles. The SMILES string of the molecule is CCN(CC(=O)Nc1cc(-c2ccccc2)nn1-c1ccccc1)C(=O)N(C)C. The maximum atomic E-state index is 12.7. The van der Waals surface area contributed by atoms with E-state index in [4.69, 9.17) is 0 Å². The van der Waals surface area contributed by atoms with Gasteiger partial charge in [-0.15, -0.1) is 0 Å². The summed E-state index contributed by atoms with van der Waals surface area (Å²) >= 11 is 0. The van der Waals surface area contributed by atoms with Gasteiger partial charge >= 0.3 is 6.03 Å². The van der Waals surface area contributed by atoms with Crippen LogP contribution in [-0.4, -0.2) is 58.7 Å². The van der Waals surface area contributed by atoms with Gasteiger partial charge < -0.3 is 15.1 Å². The van der Waals surface area contributed by atoms with Crippen LogP contribution in [0.5, 0.6) is 0 Å². The summed E-state index contributed by atoms with van der Waals surface area (Å²) < 4.78 is 1.70. The van der Waals surface area contributed by atoms with E-state index in [0.29, 0.717) is 12.4 Å². The fourth-order valence-electron chi connectivity index (χ4n) is 2.94. The van der Waals surface area contributed by atoms with Crippen LogP contribution in [0.4, 0.5) is 10.6 Å². The van der Waals surface area contributed by atoms with Crippen LogP contribution in [0.1, 0.15) is 6.92 Å². The van der Waals surface area contributed by atoms with E-state index in [1.807, 2.05) is 73.7 Å². The first kappa shape index (κ1) is 20.1. The number of para-hydroxylation sites is 1. The lowest BCUT2D eigenvalue weighted by atomic mass is 10.1. The number of benzene rings is 2. The van der Waals surface area contributed by atoms with Crippen molar-refractivity contribution >= 4 is 17.8 Å². The van der Waals surface area contributed by atoms with Crippen molar-refractivity contribution in [3.8, 4) is 16.9 Å². The smallest absolute Gasteiger partial charge is 0.319 e. The molecule has 1 N–H and O–H groups in total. The number of rotatable bonds is 6. The summed E-state index contributed by atoms with van der Waals surface area (Å²) in [5.41, 5.74) is 2.54. The van der Waals surface area contributed by atoms with Gasteiger partial charge in [0.05, 0.1) is 11.4 Å². The van der Waals surface area contributed by atoms with Crippen molar-refractivity contribution in [2.24, 2.45) is 0 Å². The molecule has 1 heterocycles. The van der Waals surface area contributed by atoms with Crippen molar-refractivity contribution in [2.75, 3.05) is 32.5 Å². The number of likely N-dealkylation sites (N-methyl/N-ethyl adjacent to an activating group) is 1. The van der Waals surface area contributed by atoms with Gasteiger partial charge in [-0.1, -0.05) is 48.5 Å². The zero-order valence-corrected chi connectivity index (χ0v) is 16.9. The molecule has 3 aromatic rings. The van der Waals surface area contributed by atoms with Gasteiger partial charge in [-0.25, -0.2) is 9.48 Å². The lowest BCUT2D eigenvalue weighted by Crippen LogP contribution is -2.43. The Labute approximate surface area is 170 Å². The maximum Gasteiger partial charge on any atom is 0.319 e. The largest absolute Gasteiger partial charge is 0.331 e. The first-order chi connectivity index (χ1) is 14.0. The van der Waals surface area contributed by atoms with E-state index < -0.39 is 0 Å². The standard InChI is InChI=1S/C22H25N5O2/c1-4-26(22(29)25(2)3)16-21(28)23-20-15-19(17-11-7-5-8-12-17)24-27(20)18-13-9-6-10-14-18/h5-15H,4,16H2,1-3H3,(H,23,28). The minimum absolute atomic E-state index is 0.0336. The number of urea groups is 1. The predicted octanol–water partition coefficient (Wildman–Crippen LogP) is 3.48. The molecule has 3 amide bonds. The van der Waals surface area contributed by atoms with Gasteiger partial charge in [-0.2, -0.15) is 5.10 Å². The third-order valence-corrected chi connectivity index (χ3v) is 4.42. The van der Waals surface area contributed by atoms with E-state index in [2.05, 4.69) is 10.4 Å². The highest BCUT2D eigenvalue weighted by Crippen LogP contribution is 2.24. The Balaban J connectivity index is 1.88. The zero-order chi connectivity index (χ0) is 20.8. The normalized spacial score (nSPS) is 10.4. The summed E-state index contributed by atoms with van der Waals surface area (Å²) in [7, 11) is 3.33. The molecule has 0 spiro atoms. The second-order valence-electron chi connectivity index (χ2n) is 6.77. The van der Waals surface area contributed by atoms with E-state index in [0.717, 1.165) is 16.9 Å². The van der Waals surface area contributed by atoms with Crippen LogP contribution >= 0.6 is 0 Å². The number of hydrogen-bond acceptors (Lipinski definition) is 3. The molecule has 0 saturated carbocycles. The van der Waals surface area contributed by atoms with Gasteiger partial charge in [0.25, 0.3) is 0 Å². The Morgan fingerprint density at radius 3 is 2.21 bits per heavy atom. The lowest BCUT2D eigenvalue weighted by Gasteiger charge is -2.24. The van der Waals surface area contributed by atoms with Gasteiger partial charge in [0.15, 0.2) is 0 Å². The van der Waals surface area contributed by atoms with Gasteiger partial charge in [0.2, 0.25) is 5.91 Å². The van der Waals surface area contributed by atoms with Crippen LogP contribution in [0.3, 0.4) is 0 Å². The average molecular weight is 391 g/mol. The van der Waals surface area contributed by atoms with Crippen molar-refractivity contribution in [3.63, 3.8) is 0 Å². The molecule has 0 aliphatic carbocycles. The number of hydrogen-bond donors (Lipinski definition) is 1. The van der Waals surface area contributed by atoms with Crippen molar-refractivity contribution in [2.45, 2.75) is 6.92 Å². The summed E-state index contributed by atoms with van der Waals surface area (Å²) in [4.78, 5) is 27.8. The van der Waals surface area contributed by atoms with E-state index in [-0.39, 0.29) is 18.5 Å². The number of amides is 3. The molecule has 0 saturated heterocycles. The van der Waals surface area contributed by atoms with Crippen molar-refractivity contribution < 1.29 is 9.59 Å². The van der Waals surface area contributed by atoms with E-state index >= 15 is 0 Å². The van der Waals surface area contributed by atoms with Crippen LogP contribution in [0.2, 0.25) is 0 Å². The number of aromatic nitrogens is 2. The molecule has 0 radical (unpaired) electrons. The third kappa shape index (κ3) is 4.82. The van der Waals surface area contributed by atoms with E-state index in [9.17, 15) is 9.59 Å². The molecule has 0 aliphatic heterocycles. The number of nitrogens with one attached hydrogen (secondary N) is 1. The summed E-state index contributed by atoms with van der Waals surface area (Å²) in [6.07, 6.45) is 0. The molecule has 150 valence electrons. The molecule has 7 heteroatoms. The minimum atomic E-state index is -0.279. The van der Waals surface area contributed by atoms with Crippen LogP contribution in [0, 0.1) is 0 Å². The van der Waals surface area contributed by atoms with Crippen molar-refractivity contribution in [1.82, 2.24) is 19.6 Å². The van der Waals surface area contributed by atoms with Gasteiger partial charge in [-0.3, -0.25) is 4.79 Å². The summed E-state index contributed by atoms with van der Waals surface area (Å²) in [5, 5.41) is 7.59. The van der Waals surface area contributed by atoms with Crippen molar-refractivity contribution in [1.29, 1.82) is 0 Å². The van der Waals surface area contributed by atoms with Gasteiger partial charge in [0.1, 0.15) is 12.4 Å². The summed E-state index contributed by atoms with van der Waals surface area (Å²) in [6.45, 7) is 2.25. The summed E-state index contributed by atoms with van der Waals surface area (Å²) in [6, 6.07) is 21.0. The lowest BCUT2D eigenvalue weighted by molar-refractivity contribution is -0.116. The Kier molecular flexibility index (Phi) is 6.29. The quantitative estimate of drug-likeness (QED) is 0.699. The zero-order valence-electron chi connectivity index (χ0n) is 16.9. The fourth-order valence-corrected chi connectivity index (χ4v) is 2.94. The Morgan fingerprint density at radius 2 is 1.62 bits per heavy atom. The van der Waals surface area contributed by atoms with Crippen LogP contribution in [0.15, 0.2) is 66.7 Å². The molecule has 7 nitrogen and oxygen atoms in total. The van der Waals surface area contributed by atoms with E-state index in [1.165, 1.54) is 9.80 Å². The molecule has 2 aromatic carbocycles. The number of carbonyl (C=O) groups excluding carboxylic acids is 2. The summed E-state index contributed by atoms with van der Waals surface area (Å²) in [5.74, 6) is 0.271. The third-order valence-electron chi connectivity index (χ3n) is 4.42. The predicted molar refractivity (Wildman–Crippen MR) is 114 cm³/mol. The average Bonchev–Trinajstić information content (AvgIpc) is 3.16. The van der Waals surface area contributed by atoms with E-state index in [1.54, 1.807) is 18.8 Å². The maximum absolute atomic E-state index is 12.7. The highest BCUT2D eigenvalue weighted by molar-refractivity contribution is 5.94. The molecule has 0 atom stereocenters. The number of nitrogens with zero attached hydrogens (tertiary/aromatic N) is 4. The highest BCUT2D eigenvalue weighted by Gasteiger charge is 2.19. The molecule has 29 heavy (non-hydrogen) atoms. The van der Waals surface area contributed by atoms with Crippen LogP contribution in [0.25, 0.3) is 16.9 Å². The number of anilines is 1. The topological polar surface area (TPSA) is 70.5 Å². The Bertz CT molecular complexity index is 967. The van der Waals surface area contributed by atoms with Crippen molar-refractivity contribution in [3.05, 3.63) is 66.7 Å². The first-order valence-corrected chi connectivity index (χ1v) is 9.46. The molecular weight excluding hydrogens is 366 g/mol. The fraction of sp³-hybridized carbons (Fsp3) is 0.227. The second-order valence-corrected chi connectivity index (χ2v) is 6.77. The van der Waals surface area contributed by atoms with Gasteiger partial charge in [0, 0.05) is 32.3 Å². The van der Waals surface area contributed by atoms with Gasteiger partial charge in [-0.05, 0) is 19.1 Å². The minimum Gasteiger partial charge on any atom is -0.331 e. The van der Waals surface area contributed by atoms with Crippen LogP contribution in [-0.2, 0) is 4.79 Å². The Hall–Kier alpha value is -3.61. The monoisotopic (exact) mass is 391 g/mol.